The summed E-state index contributed by atoms with van der Waals surface area (Å²) in [6.07, 6.45) is 1.55. The van der Waals surface area contributed by atoms with E-state index < -0.39 is 5.97 Å². The molecule has 116 valence electrons. The summed E-state index contributed by atoms with van der Waals surface area (Å²) < 4.78 is 1.80. The van der Waals surface area contributed by atoms with E-state index in [1.807, 2.05) is 73.6 Å². The highest BCUT2D eigenvalue weighted by atomic mass is 16.4. The lowest BCUT2D eigenvalue weighted by molar-refractivity contribution is 0.0691. The van der Waals surface area contributed by atoms with Gasteiger partial charge in [0, 0.05) is 37.2 Å². The highest BCUT2D eigenvalue weighted by molar-refractivity contribution is 5.86. The maximum Gasteiger partial charge on any atom is 0.356 e. The van der Waals surface area contributed by atoms with Crippen LogP contribution < -0.4 is 4.90 Å². The fourth-order valence-electron chi connectivity index (χ4n) is 2.38. The van der Waals surface area contributed by atoms with E-state index >= 15 is 0 Å². The van der Waals surface area contributed by atoms with Gasteiger partial charge in [-0.3, -0.25) is 4.57 Å². The van der Waals surface area contributed by atoms with Crippen molar-refractivity contribution in [1.29, 1.82) is 0 Å². The molecule has 0 saturated heterocycles. The van der Waals surface area contributed by atoms with E-state index in [4.69, 9.17) is 0 Å². The number of imidazole rings is 1. The van der Waals surface area contributed by atoms with Gasteiger partial charge in [0.25, 0.3) is 0 Å². The molecule has 2 aromatic carbocycles. The van der Waals surface area contributed by atoms with Crippen LogP contribution in [-0.4, -0.2) is 34.7 Å². The molecule has 23 heavy (non-hydrogen) atoms. The minimum Gasteiger partial charge on any atom is -0.476 e. The third-order valence-electron chi connectivity index (χ3n) is 3.60. The van der Waals surface area contributed by atoms with Crippen molar-refractivity contribution in [3.8, 4) is 17.1 Å². The van der Waals surface area contributed by atoms with Gasteiger partial charge in [-0.05, 0) is 24.3 Å². The average molecular weight is 307 g/mol. The SMILES string of the molecule is CN(C)c1ccc(-n2cc(C(=O)O)nc2-c2ccccc2)cc1. The van der Waals surface area contributed by atoms with Crippen LogP contribution in [0.1, 0.15) is 10.5 Å². The van der Waals surface area contributed by atoms with Crippen molar-refractivity contribution in [1.82, 2.24) is 9.55 Å². The maximum absolute atomic E-state index is 11.3. The van der Waals surface area contributed by atoms with E-state index in [-0.39, 0.29) is 5.69 Å². The molecule has 0 aliphatic rings. The second kappa shape index (κ2) is 5.96. The van der Waals surface area contributed by atoms with Gasteiger partial charge in [0.15, 0.2) is 5.69 Å². The molecule has 0 amide bonds. The van der Waals surface area contributed by atoms with Crippen molar-refractivity contribution in [3.63, 3.8) is 0 Å². The summed E-state index contributed by atoms with van der Waals surface area (Å²) >= 11 is 0. The van der Waals surface area contributed by atoms with Gasteiger partial charge in [-0.15, -0.1) is 0 Å². The summed E-state index contributed by atoms with van der Waals surface area (Å²) in [6.45, 7) is 0. The number of nitrogens with zero attached hydrogens (tertiary/aromatic N) is 3. The molecule has 5 heteroatoms. The Balaban J connectivity index is 2.12. The minimum atomic E-state index is -1.04. The van der Waals surface area contributed by atoms with Crippen LogP contribution in [0.25, 0.3) is 17.1 Å². The van der Waals surface area contributed by atoms with Crippen molar-refractivity contribution in [2.24, 2.45) is 0 Å². The van der Waals surface area contributed by atoms with Crippen molar-refractivity contribution in [3.05, 3.63) is 66.5 Å². The first-order chi connectivity index (χ1) is 11.1. The third kappa shape index (κ3) is 2.94. The van der Waals surface area contributed by atoms with Gasteiger partial charge in [-0.1, -0.05) is 30.3 Å². The molecule has 1 aromatic heterocycles. The highest BCUT2D eigenvalue weighted by Gasteiger charge is 2.15. The molecular formula is C18H17N3O2. The summed E-state index contributed by atoms with van der Waals surface area (Å²) in [7, 11) is 3.95. The zero-order valence-corrected chi connectivity index (χ0v) is 13.0. The molecule has 5 nitrogen and oxygen atoms in total. The van der Waals surface area contributed by atoms with Crippen LogP contribution in [0.5, 0.6) is 0 Å². The quantitative estimate of drug-likeness (QED) is 0.803. The lowest BCUT2D eigenvalue weighted by Gasteiger charge is -2.14. The largest absolute Gasteiger partial charge is 0.476 e. The van der Waals surface area contributed by atoms with Crippen LogP contribution in [0.15, 0.2) is 60.8 Å². The number of aromatic carboxylic acids is 1. The Kier molecular flexibility index (Phi) is 3.85. The van der Waals surface area contributed by atoms with Crippen molar-refractivity contribution in [2.75, 3.05) is 19.0 Å². The smallest absolute Gasteiger partial charge is 0.356 e. The van der Waals surface area contributed by atoms with Crippen LogP contribution in [-0.2, 0) is 0 Å². The van der Waals surface area contributed by atoms with Gasteiger partial charge < -0.3 is 10.0 Å². The maximum atomic E-state index is 11.3. The molecule has 0 aliphatic carbocycles. The predicted molar refractivity (Wildman–Crippen MR) is 90.3 cm³/mol. The fourth-order valence-corrected chi connectivity index (χ4v) is 2.38. The molecule has 0 saturated carbocycles. The molecule has 0 bridgehead atoms. The van der Waals surface area contributed by atoms with Crippen LogP contribution >= 0.6 is 0 Å². The summed E-state index contributed by atoms with van der Waals surface area (Å²) in [5.74, 6) is -0.425. The number of aromatic nitrogens is 2. The fraction of sp³-hybridized carbons (Fsp3) is 0.111. The van der Waals surface area contributed by atoms with Crippen LogP contribution in [0, 0.1) is 0 Å². The molecule has 0 aliphatic heterocycles. The van der Waals surface area contributed by atoms with Crippen LogP contribution in [0.2, 0.25) is 0 Å². The lowest BCUT2D eigenvalue weighted by atomic mass is 10.2. The van der Waals surface area contributed by atoms with Crippen LogP contribution in [0.3, 0.4) is 0 Å². The number of carbonyl (C=O) groups is 1. The van der Waals surface area contributed by atoms with E-state index in [0.717, 1.165) is 16.9 Å². The van der Waals surface area contributed by atoms with E-state index in [2.05, 4.69) is 4.98 Å². The zero-order valence-electron chi connectivity index (χ0n) is 13.0. The summed E-state index contributed by atoms with van der Waals surface area (Å²) in [5, 5.41) is 9.25. The van der Waals surface area contributed by atoms with Gasteiger partial charge >= 0.3 is 5.97 Å². The Morgan fingerprint density at radius 1 is 1.04 bits per heavy atom. The first kappa shape index (κ1) is 14.8. The van der Waals surface area contributed by atoms with Crippen molar-refractivity contribution in [2.45, 2.75) is 0 Å². The third-order valence-corrected chi connectivity index (χ3v) is 3.60. The zero-order chi connectivity index (χ0) is 16.4. The van der Waals surface area contributed by atoms with Crippen molar-refractivity contribution < 1.29 is 9.90 Å². The summed E-state index contributed by atoms with van der Waals surface area (Å²) in [6, 6.07) is 17.4. The van der Waals surface area contributed by atoms with E-state index in [1.54, 1.807) is 10.8 Å². The van der Waals surface area contributed by atoms with E-state index in [1.165, 1.54) is 0 Å². The molecule has 3 aromatic rings. The second-order valence-electron chi connectivity index (χ2n) is 5.40. The summed E-state index contributed by atoms with van der Waals surface area (Å²) in [5.41, 5.74) is 2.85. The number of rotatable bonds is 4. The lowest BCUT2D eigenvalue weighted by Crippen LogP contribution is -2.08. The van der Waals surface area contributed by atoms with Crippen LogP contribution in [0.4, 0.5) is 5.69 Å². The molecule has 1 N–H and O–H groups in total. The first-order valence-electron chi connectivity index (χ1n) is 7.22. The molecule has 0 spiro atoms. The van der Waals surface area contributed by atoms with Gasteiger partial charge in [0.2, 0.25) is 0 Å². The van der Waals surface area contributed by atoms with Crippen molar-refractivity contribution >= 4 is 11.7 Å². The average Bonchev–Trinajstić information content (AvgIpc) is 3.01. The Morgan fingerprint density at radius 2 is 1.70 bits per heavy atom. The monoisotopic (exact) mass is 307 g/mol. The predicted octanol–water partition coefficient (Wildman–Crippen LogP) is 3.30. The Bertz CT molecular complexity index is 821. The Labute approximate surface area is 134 Å². The molecule has 0 radical (unpaired) electrons. The topological polar surface area (TPSA) is 58.4 Å². The number of benzene rings is 2. The van der Waals surface area contributed by atoms with Gasteiger partial charge in [0.1, 0.15) is 5.82 Å². The minimum absolute atomic E-state index is 0.0283. The molecule has 3 rings (SSSR count). The van der Waals surface area contributed by atoms with Gasteiger partial charge in [0.05, 0.1) is 0 Å². The Hall–Kier alpha value is -3.08. The standard InChI is InChI=1S/C18H17N3O2/c1-20(2)14-8-10-15(11-9-14)21-12-16(18(22)23)19-17(21)13-6-4-3-5-7-13/h3-12H,1-2H3,(H,22,23). The first-order valence-corrected chi connectivity index (χ1v) is 7.22. The molecule has 0 atom stereocenters. The number of carboxylic acids is 1. The molecule has 0 fully saturated rings. The molecule has 1 heterocycles. The van der Waals surface area contributed by atoms with E-state index in [9.17, 15) is 9.90 Å². The van der Waals surface area contributed by atoms with Gasteiger partial charge in [-0.2, -0.15) is 0 Å². The number of carboxylic acid groups (broad SMARTS) is 1. The molecule has 0 unspecified atom stereocenters. The normalized spacial score (nSPS) is 10.5. The number of hydrogen-bond acceptors (Lipinski definition) is 3. The molecular weight excluding hydrogens is 290 g/mol. The summed E-state index contributed by atoms with van der Waals surface area (Å²) in [4.78, 5) is 17.6. The van der Waals surface area contributed by atoms with E-state index in [0.29, 0.717) is 5.82 Å². The highest BCUT2D eigenvalue weighted by Crippen LogP contribution is 2.24. The number of anilines is 1. The second-order valence-corrected chi connectivity index (χ2v) is 5.40. The van der Waals surface area contributed by atoms with Gasteiger partial charge in [-0.25, -0.2) is 9.78 Å². The number of hydrogen-bond donors (Lipinski definition) is 1. The Morgan fingerprint density at radius 3 is 2.26 bits per heavy atom.